The molecular weight excluding hydrogens is 1010 g/mol. The first-order chi connectivity index (χ1) is 32.9. The zero-order valence-electron chi connectivity index (χ0n) is 46.7. The van der Waals surface area contributed by atoms with Gasteiger partial charge in [-0.3, -0.25) is 9.55 Å². The van der Waals surface area contributed by atoms with E-state index in [1.807, 2.05) is 39.0 Å². The standard InChI is InChI=1S/C63H70N3O.Pt/c1-59(2,3)39-40-24-26-41(27-25-40)43-30-31-64-53(35-43)45-32-44(33-47(34-45)61(7,8)9)49-22-19-23-55-56(49)65-58(51-37-48(62(10,11)12)38-52(57(51)67)63(13,14)15)66(55)54-29-28-46(60(4,5)6)36-50(54)42-20-17-16-18-21-42;/h16-31,33-38,67H,39H2,1-15H3;/q-1;/i30D,35D,39D2;. The van der Waals surface area contributed by atoms with E-state index < -0.39 is 11.8 Å². The first-order valence-corrected chi connectivity index (χ1v) is 23.6. The van der Waals surface area contributed by atoms with Gasteiger partial charge in [-0.15, -0.1) is 29.3 Å². The normalized spacial score (nSPS) is 13.7. The second-order valence-corrected chi connectivity index (χ2v) is 23.4. The number of hydrogen-bond donors (Lipinski definition) is 1. The van der Waals surface area contributed by atoms with E-state index in [2.05, 4.69) is 179 Å². The van der Waals surface area contributed by atoms with E-state index in [4.69, 9.17) is 14.1 Å². The molecule has 2 aromatic heterocycles. The van der Waals surface area contributed by atoms with Crippen LogP contribution in [0.25, 0.3) is 72.7 Å². The Morgan fingerprint density at radius 3 is 1.82 bits per heavy atom. The van der Waals surface area contributed by atoms with Crippen molar-refractivity contribution in [1.29, 1.82) is 0 Å². The molecule has 4 nitrogen and oxygen atoms in total. The molecule has 0 aliphatic rings. The molecule has 0 aliphatic heterocycles. The Morgan fingerprint density at radius 2 is 1.21 bits per heavy atom. The summed E-state index contributed by atoms with van der Waals surface area (Å²) >= 11 is 0. The van der Waals surface area contributed by atoms with Gasteiger partial charge in [0.05, 0.1) is 25.0 Å². The number of fused-ring (bicyclic) bond motifs is 1. The van der Waals surface area contributed by atoms with Gasteiger partial charge >= 0.3 is 0 Å². The van der Waals surface area contributed by atoms with Gasteiger partial charge in [-0.25, -0.2) is 4.98 Å². The van der Waals surface area contributed by atoms with Crippen LogP contribution in [0.1, 0.15) is 137 Å². The molecule has 0 spiro atoms. The van der Waals surface area contributed by atoms with E-state index in [-0.39, 0.29) is 60.6 Å². The van der Waals surface area contributed by atoms with Crippen LogP contribution < -0.4 is 0 Å². The predicted octanol–water partition coefficient (Wildman–Crippen LogP) is 17.0. The van der Waals surface area contributed by atoms with Crippen LogP contribution in [-0.4, -0.2) is 19.6 Å². The van der Waals surface area contributed by atoms with Gasteiger partial charge in [-0.1, -0.05) is 200 Å². The molecule has 68 heavy (non-hydrogen) atoms. The monoisotopic (exact) mass is 1080 g/mol. The minimum absolute atomic E-state index is 0. The number of para-hydroxylation sites is 1. The predicted molar refractivity (Wildman–Crippen MR) is 285 cm³/mol. The number of imidazole rings is 1. The fourth-order valence-corrected chi connectivity index (χ4v) is 8.67. The van der Waals surface area contributed by atoms with Crippen LogP contribution in [0.5, 0.6) is 5.75 Å². The number of phenols is 1. The summed E-state index contributed by atoms with van der Waals surface area (Å²) < 4.78 is 38.6. The number of nitrogens with zero attached hydrogens (tertiary/aromatic N) is 3. The first-order valence-electron chi connectivity index (χ1n) is 25.6. The molecule has 8 aromatic rings. The van der Waals surface area contributed by atoms with E-state index in [0.29, 0.717) is 39.3 Å². The van der Waals surface area contributed by atoms with Crippen molar-refractivity contribution >= 4 is 11.0 Å². The summed E-state index contributed by atoms with van der Waals surface area (Å²) in [5, 5.41) is 12.6. The average Bonchev–Trinajstić information content (AvgIpc) is 3.67. The molecular formula is C63H70N3OPt-. The van der Waals surface area contributed by atoms with Gasteiger partial charge in [0.25, 0.3) is 0 Å². The van der Waals surface area contributed by atoms with Crippen molar-refractivity contribution in [3.8, 4) is 67.5 Å². The van der Waals surface area contributed by atoms with Crippen LogP contribution in [-0.2, 0) is 49.1 Å². The zero-order chi connectivity index (χ0) is 52.0. The Kier molecular flexibility index (Phi) is 12.1. The van der Waals surface area contributed by atoms with E-state index >= 15 is 0 Å². The molecule has 8 rings (SSSR count). The number of phenolic OH excluding ortho intramolecular Hbond substituents is 1. The second-order valence-electron chi connectivity index (χ2n) is 23.4. The fraction of sp³-hybridized carbons (Fsp3) is 0.333. The molecule has 0 amide bonds. The average molecular weight is 1080 g/mol. The Balaban J connectivity index is 0.00000760. The van der Waals surface area contributed by atoms with Crippen LogP contribution in [0.15, 0.2) is 134 Å². The summed E-state index contributed by atoms with van der Waals surface area (Å²) in [4.78, 5) is 10.4. The smallest absolute Gasteiger partial charge is 0.148 e. The summed E-state index contributed by atoms with van der Waals surface area (Å²) in [7, 11) is 0. The van der Waals surface area contributed by atoms with Crippen LogP contribution in [0.3, 0.4) is 0 Å². The van der Waals surface area contributed by atoms with Crippen molar-refractivity contribution in [2.24, 2.45) is 5.41 Å². The first kappa shape index (κ1) is 44.9. The van der Waals surface area contributed by atoms with Gasteiger partial charge in [0.2, 0.25) is 0 Å². The topological polar surface area (TPSA) is 50.9 Å². The third kappa shape index (κ3) is 10.5. The molecule has 0 aliphatic carbocycles. The van der Waals surface area contributed by atoms with Gasteiger partial charge in [0.15, 0.2) is 0 Å². The van der Waals surface area contributed by atoms with Gasteiger partial charge in [0.1, 0.15) is 11.6 Å². The van der Waals surface area contributed by atoms with Crippen LogP contribution in [0.2, 0.25) is 0 Å². The zero-order valence-corrected chi connectivity index (χ0v) is 44.9. The number of pyridine rings is 1. The summed E-state index contributed by atoms with van der Waals surface area (Å²) in [6.07, 6.45) is -0.0930. The summed E-state index contributed by atoms with van der Waals surface area (Å²) in [6.45, 7) is 31.9. The Hall–Kier alpha value is -5.57. The molecule has 0 fully saturated rings. The number of hydrogen-bond acceptors (Lipinski definition) is 3. The number of aromatic hydroxyl groups is 1. The number of aromatic nitrogens is 3. The molecule has 5 heteroatoms. The molecule has 354 valence electrons. The maximum absolute atomic E-state index is 12.6. The van der Waals surface area contributed by atoms with Crippen molar-refractivity contribution in [1.82, 2.24) is 14.5 Å². The molecule has 0 bridgehead atoms. The maximum atomic E-state index is 12.6. The minimum Gasteiger partial charge on any atom is -0.507 e. The van der Waals surface area contributed by atoms with Gasteiger partial charge in [-0.05, 0) is 97.1 Å². The van der Waals surface area contributed by atoms with Gasteiger partial charge < -0.3 is 5.11 Å². The molecule has 1 N–H and O–H groups in total. The molecule has 0 saturated carbocycles. The van der Waals surface area contributed by atoms with Crippen molar-refractivity contribution < 1.29 is 31.7 Å². The fourth-order valence-electron chi connectivity index (χ4n) is 8.67. The SMILES string of the molecule is [2H]c1cnc(-c2[c-]c(-c3cccc4c3nc(-c3cc(C(C)(C)C)cc(C(C)(C)C)c3O)n4-c3ccc(C(C)(C)C)cc3-c3ccccc3)cc(C(C)(C)C)c2)c([2H])c1-c1ccc(C([2H])([2H])C(C)(C)C)cc1.[Pt]. The third-order valence-electron chi connectivity index (χ3n) is 12.5. The van der Waals surface area contributed by atoms with E-state index in [1.54, 1.807) is 12.1 Å². The molecule has 2 heterocycles. The Morgan fingerprint density at radius 1 is 0.588 bits per heavy atom. The quantitative estimate of drug-likeness (QED) is 0.162. The largest absolute Gasteiger partial charge is 0.507 e. The van der Waals surface area contributed by atoms with E-state index in [9.17, 15) is 6.48 Å². The molecule has 6 aromatic carbocycles. The number of rotatable bonds is 7. The Labute approximate surface area is 427 Å². The van der Waals surface area contributed by atoms with Crippen molar-refractivity contribution in [2.45, 2.75) is 132 Å². The van der Waals surface area contributed by atoms with Gasteiger partial charge in [-0.2, -0.15) is 0 Å². The van der Waals surface area contributed by atoms with Crippen LogP contribution >= 0.6 is 0 Å². The number of benzene rings is 6. The minimum atomic E-state index is -1.59. The van der Waals surface area contributed by atoms with Crippen molar-refractivity contribution in [3.63, 3.8) is 0 Å². The molecule has 0 saturated heterocycles. The summed E-state index contributed by atoms with van der Waals surface area (Å²) in [6, 6.07) is 42.9. The molecule has 0 atom stereocenters. The van der Waals surface area contributed by atoms with Crippen molar-refractivity contribution in [3.05, 3.63) is 167 Å². The maximum Gasteiger partial charge on any atom is 0.148 e. The second kappa shape index (κ2) is 18.4. The summed E-state index contributed by atoms with van der Waals surface area (Å²) in [5.41, 5.74) is 11.9. The van der Waals surface area contributed by atoms with E-state index in [1.165, 1.54) is 11.8 Å². The molecule has 0 unspecified atom stereocenters. The van der Waals surface area contributed by atoms with E-state index in [0.717, 1.165) is 55.7 Å². The van der Waals surface area contributed by atoms with Gasteiger partial charge in [0, 0.05) is 46.8 Å². The third-order valence-corrected chi connectivity index (χ3v) is 12.5. The van der Waals surface area contributed by atoms with Crippen LogP contribution in [0, 0.1) is 11.5 Å². The van der Waals surface area contributed by atoms with Crippen LogP contribution in [0.4, 0.5) is 0 Å². The molecule has 0 radical (unpaired) electrons. The summed E-state index contributed by atoms with van der Waals surface area (Å²) in [5.74, 6) is 0.812. The van der Waals surface area contributed by atoms with Crippen molar-refractivity contribution in [2.75, 3.05) is 0 Å². The Bertz CT molecular complexity index is 3320.